The lowest BCUT2D eigenvalue weighted by Crippen LogP contribution is -2.11. The molecule has 0 amide bonds. The predicted molar refractivity (Wildman–Crippen MR) is 86.0 cm³/mol. The highest BCUT2D eigenvalue weighted by atomic mass is 35.5. The molecule has 3 rings (SSSR count). The van der Waals surface area contributed by atoms with Gasteiger partial charge in [-0.3, -0.25) is 4.79 Å². The Bertz CT molecular complexity index is 818. The van der Waals surface area contributed by atoms with Crippen LogP contribution in [0.25, 0.3) is 11.5 Å². The highest BCUT2D eigenvalue weighted by Gasteiger charge is 2.10. The molecule has 23 heavy (non-hydrogen) atoms. The van der Waals surface area contributed by atoms with Crippen molar-refractivity contribution in [2.45, 2.75) is 0 Å². The third-order valence-electron chi connectivity index (χ3n) is 3.07. The lowest BCUT2D eigenvalue weighted by Gasteiger charge is -2.06. The summed E-state index contributed by atoms with van der Waals surface area (Å²) in [7, 11) is 0. The molecular formula is C16H10Cl2N2O3. The minimum atomic E-state index is -0.190. The lowest BCUT2D eigenvalue weighted by molar-refractivity contribution is 0.0921. The van der Waals surface area contributed by atoms with Gasteiger partial charge in [-0.25, -0.2) is 0 Å². The van der Waals surface area contributed by atoms with Crippen molar-refractivity contribution in [3.05, 3.63) is 64.5 Å². The zero-order chi connectivity index (χ0) is 16.2. The summed E-state index contributed by atoms with van der Waals surface area (Å²) in [6.45, 7) is -0.0993. The summed E-state index contributed by atoms with van der Waals surface area (Å²) in [6.07, 6.45) is 1.26. The van der Waals surface area contributed by atoms with Gasteiger partial charge in [0.05, 0.1) is 10.0 Å². The Kier molecular flexibility index (Phi) is 4.60. The number of hydrogen-bond donors (Lipinski definition) is 0. The van der Waals surface area contributed by atoms with Gasteiger partial charge in [-0.15, -0.1) is 10.2 Å². The van der Waals surface area contributed by atoms with Crippen LogP contribution in [0.5, 0.6) is 5.75 Å². The number of ether oxygens (including phenoxy) is 1. The molecule has 3 aromatic rings. The van der Waals surface area contributed by atoms with Gasteiger partial charge < -0.3 is 9.15 Å². The van der Waals surface area contributed by atoms with E-state index >= 15 is 0 Å². The van der Waals surface area contributed by atoms with Gasteiger partial charge in [0.15, 0.2) is 12.4 Å². The summed E-state index contributed by atoms with van der Waals surface area (Å²) in [4.78, 5) is 12.1. The molecule has 0 spiro atoms. The van der Waals surface area contributed by atoms with E-state index in [-0.39, 0.29) is 12.4 Å². The van der Waals surface area contributed by atoms with Crippen LogP contribution < -0.4 is 4.74 Å². The molecule has 5 nitrogen and oxygen atoms in total. The Balaban J connectivity index is 1.63. The molecule has 1 aromatic heterocycles. The van der Waals surface area contributed by atoms with Crippen molar-refractivity contribution in [2.75, 3.05) is 6.61 Å². The zero-order valence-electron chi connectivity index (χ0n) is 11.7. The molecule has 0 unspecified atom stereocenters. The molecule has 0 saturated heterocycles. The smallest absolute Gasteiger partial charge is 0.247 e. The summed E-state index contributed by atoms with van der Waals surface area (Å²) in [5.74, 6) is 0.787. The van der Waals surface area contributed by atoms with Crippen LogP contribution >= 0.6 is 23.2 Å². The third kappa shape index (κ3) is 3.70. The molecule has 0 bridgehead atoms. The first-order chi connectivity index (χ1) is 11.1. The van der Waals surface area contributed by atoms with Crippen LogP contribution in [0.2, 0.25) is 10.0 Å². The van der Waals surface area contributed by atoms with Crippen LogP contribution in [-0.4, -0.2) is 22.6 Å². The van der Waals surface area contributed by atoms with Gasteiger partial charge in [-0.2, -0.15) is 0 Å². The zero-order valence-corrected chi connectivity index (χ0v) is 13.2. The van der Waals surface area contributed by atoms with Gasteiger partial charge in [0.25, 0.3) is 0 Å². The minimum Gasteiger partial charge on any atom is -0.485 e. The fraction of sp³-hybridized carbons (Fsp3) is 0.0625. The van der Waals surface area contributed by atoms with Crippen molar-refractivity contribution >= 4 is 29.0 Å². The number of carbonyl (C=O) groups is 1. The van der Waals surface area contributed by atoms with Gasteiger partial charge in [0.1, 0.15) is 5.75 Å². The average molecular weight is 349 g/mol. The molecule has 116 valence electrons. The molecule has 0 aliphatic heterocycles. The van der Waals surface area contributed by atoms with Gasteiger partial charge in [-0.05, 0) is 42.5 Å². The van der Waals surface area contributed by atoms with E-state index in [9.17, 15) is 4.79 Å². The van der Waals surface area contributed by atoms with Crippen LogP contribution in [0.4, 0.5) is 0 Å². The normalized spacial score (nSPS) is 10.5. The first-order valence-corrected chi connectivity index (χ1v) is 7.37. The molecule has 1 heterocycles. The van der Waals surface area contributed by atoms with Crippen LogP contribution in [0.3, 0.4) is 0 Å². The van der Waals surface area contributed by atoms with Gasteiger partial charge in [-0.1, -0.05) is 23.2 Å². The molecule has 7 heteroatoms. The maximum atomic E-state index is 12.1. The van der Waals surface area contributed by atoms with Crippen molar-refractivity contribution < 1.29 is 13.9 Å². The standard InChI is InChI=1S/C16H10Cl2N2O3/c17-13-6-3-11(7-14(13)18)15(21)8-22-12-4-1-10(2-5-12)16-20-19-9-23-16/h1-7,9H,8H2. The first kappa shape index (κ1) is 15.5. The topological polar surface area (TPSA) is 65.2 Å². The molecule has 0 fully saturated rings. The number of carbonyl (C=O) groups excluding carboxylic acids is 1. The molecule has 0 radical (unpaired) electrons. The molecule has 0 aliphatic carbocycles. The number of benzene rings is 2. The van der Waals surface area contributed by atoms with Crippen LogP contribution in [-0.2, 0) is 0 Å². The number of hydrogen-bond acceptors (Lipinski definition) is 5. The number of aromatic nitrogens is 2. The Morgan fingerprint density at radius 2 is 1.87 bits per heavy atom. The van der Waals surface area contributed by atoms with E-state index in [4.69, 9.17) is 32.4 Å². The Morgan fingerprint density at radius 1 is 1.09 bits per heavy atom. The quantitative estimate of drug-likeness (QED) is 0.643. The van der Waals surface area contributed by atoms with E-state index in [1.165, 1.54) is 12.5 Å². The van der Waals surface area contributed by atoms with E-state index in [1.807, 2.05) is 0 Å². The largest absolute Gasteiger partial charge is 0.485 e. The Labute approximate surface area is 141 Å². The highest BCUT2D eigenvalue weighted by molar-refractivity contribution is 6.42. The first-order valence-electron chi connectivity index (χ1n) is 6.61. The van der Waals surface area contributed by atoms with Crippen molar-refractivity contribution in [1.29, 1.82) is 0 Å². The molecule has 0 aliphatic rings. The fourth-order valence-electron chi connectivity index (χ4n) is 1.89. The molecule has 0 atom stereocenters. The number of halogens is 2. The maximum absolute atomic E-state index is 12.1. The number of Topliss-reactive ketones (excluding diaryl/α,β-unsaturated/α-hetero) is 1. The summed E-state index contributed by atoms with van der Waals surface area (Å²) in [5.41, 5.74) is 1.22. The van der Waals surface area contributed by atoms with Crippen molar-refractivity contribution in [1.82, 2.24) is 10.2 Å². The van der Waals surface area contributed by atoms with Crippen LogP contribution in [0.1, 0.15) is 10.4 Å². The van der Waals surface area contributed by atoms with E-state index in [1.54, 1.807) is 36.4 Å². The summed E-state index contributed by atoms with van der Waals surface area (Å²) in [6, 6.07) is 11.7. The van der Waals surface area contributed by atoms with Crippen molar-refractivity contribution in [3.8, 4) is 17.2 Å². The Morgan fingerprint density at radius 3 is 2.52 bits per heavy atom. The predicted octanol–water partition coefficient (Wildman–Crippen LogP) is 4.31. The summed E-state index contributed by atoms with van der Waals surface area (Å²) >= 11 is 11.7. The molecule has 0 N–H and O–H groups in total. The van der Waals surface area contributed by atoms with Gasteiger partial charge in [0, 0.05) is 11.1 Å². The number of rotatable bonds is 5. The molecule has 2 aromatic carbocycles. The van der Waals surface area contributed by atoms with Crippen molar-refractivity contribution in [3.63, 3.8) is 0 Å². The second kappa shape index (κ2) is 6.81. The SMILES string of the molecule is O=C(COc1ccc(-c2nnco2)cc1)c1ccc(Cl)c(Cl)c1. The van der Waals surface area contributed by atoms with E-state index in [2.05, 4.69) is 10.2 Å². The monoisotopic (exact) mass is 348 g/mol. The summed E-state index contributed by atoms with van der Waals surface area (Å²) < 4.78 is 10.6. The van der Waals surface area contributed by atoms with E-state index in [0.717, 1.165) is 5.56 Å². The maximum Gasteiger partial charge on any atom is 0.247 e. The lowest BCUT2D eigenvalue weighted by atomic mass is 10.1. The third-order valence-corrected chi connectivity index (χ3v) is 3.81. The van der Waals surface area contributed by atoms with Crippen LogP contribution in [0, 0.1) is 0 Å². The van der Waals surface area contributed by atoms with E-state index < -0.39 is 0 Å². The van der Waals surface area contributed by atoms with E-state index in [0.29, 0.717) is 27.2 Å². The van der Waals surface area contributed by atoms with Crippen LogP contribution in [0.15, 0.2) is 53.3 Å². The van der Waals surface area contributed by atoms with Gasteiger partial charge in [0.2, 0.25) is 12.3 Å². The second-order valence-corrected chi connectivity index (χ2v) is 5.42. The molecule has 0 saturated carbocycles. The van der Waals surface area contributed by atoms with Gasteiger partial charge >= 0.3 is 0 Å². The Hall–Kier alpha value is -2.37. The fourth-order valence-corrected chi connectivity index (χ4v) is 2.19. The summed E-state index contributed by atoms with van der Waals surface area (Å²) in [5, 5.41) is 8.16. The van der Waals surface area contributed by atoms with Crippen molar-refractivity contribution in [2.24, 2.45) is 0 Å². The highest BCUT2D eigenvalue weighted by Crippen LogP contribution is 2.23. The number of nitrogens with zero attached hydrogens (tertiary/aromatic N) is 2. The number of ketones is 1. The second-order valence-electron chi connectivity index (χ2n) is 4.61. The average Bonchev–Trinajstić information content (AvgIpc) is 3.10. The minimum absolute atomic E-state index is 0.0993. The molecular weight excluding hydrogens is 339 g/mol.